The third-order valence-corrected chi connectivity index (χ3v) is 4.01. The van der Waals surface area contributed by atoms with Gasteiger partial charge in [0.15, 0.2) is 5.76 Å². The quantitative estimate of drug-likeness (QED) is 0.185. The molecule has 0 spiro atoms. The highest BCUT2D eigenvalue weighted by atomic mass is 35.5. The van der Waals surface area contributed by atoms with Crippen LogP contribution in [0.3, 0.4) is 0 Å². The zero-order valence-electron chi connectivity index (χ0n) is 17.3. The topological polar surface area (TPSA) is 65.0 Å². The van der Waals surface area contributed by atoms with Gasteiger partial charge in [-0.3, -0.25) is 4.79 Å². The molecule has 29 heavy (non-hydrogen) atoms. The van der Waals surface area contributed by atoms with Crippen molar-refractivity contribution in [1.82, 2.24) is 0 Å². The molecule has 0 fully saturated rings. The molecule has 1 aliphatic heterocycles. The molecule has 0 aromatic rings. The maximum Gasteiger partial charge on any atom is 0.205 e. The van der Waals surface area contributed by atoms with E-state index in [1.54, 1.807) is 24.3 Å². The van der Waals surface area contributed by atoms with Crippen LogP contribution in [-0.4, -0.2) is 30.7 Å². The second kappa shape index (κ2) is 14.7. The highest BCUT2D eigenvalue weighted by Crippen LogP contribution is 2.21. The smallest absolute Gasteiger partial charge is 0.205 e. The van der Waals surface area contributed by atoms with Crippen LogP contribution in [0.1, 0.15) is 46.0 Å². The monoisotopic (exact) mass is 422 g/mol. The summed E-state index contributed by atoms with van der Waals surface area (Å²) in [4.78, 5) is 12.3. The first-order valence-electron chi connectivity index (χ1n) is 9.81. The molecule has 0 aromatic carbocycles. The Kier molecular flexibility index (Phi) is 12.6. The van der Waals surface area contributed by atoms with Gasteiger partial charge >= 0.3 is 0 Å². The predicted octanol–water partition coefficient (Wildman–Crippen LogP) is 5.45. The average molecular weight is 423 g/mol. The number of Topliss-reactive ketones (excluding diaryl/α,β-unsaturated/α-hetero) is 1. The number of halogens is 1. The maximum atomic E-state index is 12.3. The summed E-state index contributed by atoms with van der Waals surface area (Å²) in [5.41, 5.74) is 0. The van der Waals surface area contributed by atoms with Crippen molar-refractivity contribution in [2.24, 2.45) is 0 Å². The van der Waals surface area contributed by atoms with E-state index in [9.17, 15) is 9.90 Å². The van der Waals surface area contributed by atoms with Gasteiger partial charge in [0.1, 0.15) is 18.1 Å². The Labute approximate surface area is 178 Å². The SMILES string of the molecule is C=C(Cl)/C=C(\C/C=C\C)OCCCCCOC1=C(/C=C/C)OC(CO)=CCC1=O. The van der Waals surface area contributed by atoms with Gasteiger partial charge < -0.3 is 19.3 Å². The summed E-state index contributed by atoms with van der Waals surface area (Å²) in [6.45, 7) is 8.16. The lowest BCUT2D eigenvalue weighted by Crippen LogP contribution is -2.09. The highest BCUT2D eigenvalue weighted by molar-refractivity contribution is 6.30. The number of carbonyl (C=O) groups is 1. The van der Waals surface area contributed by atoms with E-state index in [-0.39, 0.29) is 24.6 Å². The minimum Gasteiger partial charge on any atom is -0.498 e. The van der Waals surface area contributed by atoms with Crippen LogP contribution >= 0.6 is 11.6 Å². The molecule has 0 aromatic heterocycles. The van der Waals surface area contributed by atoms with E-state index >= 15 is 0 Å². The number of allylic oxidation sites excluding steroid dienone is 8. The molecule has 0 saturated heterocycles. The second-order valence-electron chi connectivity index (χ2n) is 6.34. The predicted molar refractivity (Wildman–Crippen MR) is 116 cm³/mol. The van der Waals surface area contributed by atoms with Gasteiger partial charge in [-0.15, -0.1) is 0 Å². The maximum absolute atomic E-state index is 12.3. The Morgan fingerprint density at radius 3 is 2.69 bits per heavy atom. The molecule has 5 nitrogen and oxygen atoms in total. The number of hydrogen-bond acceptors (Lipinski definition) is 5. The zero-order valence-corrected chi connectivity index (χ0v) is 18.0. The number of rotatable bonds is 13. The first-order valence-corrected chi connectivity index (χ1v) is 10.2. The van der Waals surface area contributed by atoms with E-state index in [1.807, 2.05) is 26.0 Å². The van der Waals surface area contributed by atoms with Crippen LogP contribution in [-0.2, 0) is 19.0 Å². The summed E-state index contributed by atoms with van der Waals surface area (Å²) in [6, 6.07) is 0. The Balaban J connectivity index is 2.44. The third kappa shape index (κ3) is 10.2. The standard InChI is InChI=1S/C23H31ClO5/c1-4-6-11-19(16-18(3)24)27-14-8-7-9-15-28-23-21(26)13-12-20(17-25)29-22(23)10-5-2/h4-6,10,12,16,25H,3,7-9,11,13-15,17H2,1-2H3/b6-4-,10-5+,19-16+. The van der Waals surface area contributed by atoms with Crippen molar-refractivity contribution in [2.75, 3.05) is 19.8 Å². The number of carbonyl (C=O) groups excluding carboxylic acids is 1. The first kappa shape index (κ1) is 24.8. The van der Waals surface area contributed by atoms with Gasteiger partial charge in [0, 0.05) is 17.9 Å². The van der Waals surface area contributed by atoms with E-state index in [2.05, 4.69) is 6.58 Å². The summed E-state index contributed by atoms with van der Waals surface area (Å²) in [5, 5.41) is 9.72. The van der Waals surface area contributed by atoms with Crippen molar-refractivity contribution in [3.05, 3.63) is 71.1 Å². The van der Waals surface area contributed by atoms with Crippen molar-refractivity contribution < 1.29 is 24.1 Å². The van der Waals surface area contributed by atoms with E-state index in [4.69, 9.17) is 25.8 Å². The minimum atomic E-state index is -0.261. The first-order chi connectivity index (χ1) is 14.0. The fourth-order valence-electron chi connectivity index (χ4n) is 2.50. The van der Waals surface area contributed by atoms with Gasteiger partial charge in [0.2, 0.25) is 11.5 Å². The van der Waals surface area contributed by atoms with Gasteiger partial charge in [-0.05, 0) is 51.3 Å². The number of unbranched alkanes of at least 4 members (excludes halogenated alkanes) is 2. The van der Waals surface area contributed by atoms with Crippen LogP contribution in [0, 0.1) is 0 Å². The molecular weight excluding hydrogens is 392 g/mol. The number of aliphatic hydroxyl groups is 1. The Bertz CT molecular complexity index is 698. The van der Waals surface area contributed by atoms with E-state index in [1.165, 1.54) is 0 Å². The van der Waals surface area contributed by atoms with Gasteiger partial charge in [0.25, 0.3) is 0 Å². The molecular formula is C23H31ClO5. The van der Waals surface area contributed by atoms with Gasteiger partial charge in [-0.25, -0.2) is 0 Å². The highest BCUT2D eigenvalue weighted by Gasteiger charge is 2.21. The summed E-state index contributed by atoms with van der Waals surface area (Å²) in [6.07, 6.45) is 14.0. The van der Waals surface area contributed by atoms with E-state index in [0.29, 0.717) is 36.2 Å². The van der Waals surface area contributed by atoms with E-state index < -0.39 is 0 Å². The molecule has 0 atom stereocenters. The average Bonchev–Trinajstić information content (AvgIpc) is 2.84. The summed E-state index contributed by atoms with van der Waals surface area (Å²) in [5.74, 6) is 1.51. The third-order valence-electron chi connectivity index (χ3n) is 3.90. The minimum absolute atomic E-state index is 0.146. The fraction of sp³-hybridized carbons (Fsp3) is 0.435. The molecule has 0 bridgehead atoms. The van der Waals surface area contributed by atoms with Gasteiger partial charge in [-0.2, -0.15) is 0 Å². The molecule has 0 amide bonds. The Hall–Kier alpha value is -2.24. The molecule has 160 valence electrons. The molecule has 1 N–H and O–H groups in total. The van der Waals surface area contributed by atoms with Crippen molar-refractivity contribution in [3.63, 3.8) is 0 Å². The molecule has 0 saturated carbocycles. The second-order valence-corrected chi connectivity index (χ2v) is 6.83. The number of ether oxygens (including phenoxy) is 3. The van der Waals surface area contributed by atoms with Crippen LogP contribution in [0.2, 0.25) is 0 Å². The Morgan fingerprint density at radius 1 is 1.28 bits per heavy atom. The largest absolute Gasteiger partial charge is 0.498 e. The number of ketones is 1. The van der Waals surface area contributed by atoms with Crippen molar-refractivity contribution in [2.45, 2.75) is 46.0 Å². The molecule has 0 aliphatic carbocycles. The summed E-state index contributed by atoms with van der Waals surface area (Å²) in [7, 11) is 0. The van der Waals surface area contributed by atoms with Gasteiger partial charge in [-0.1, -0.05) is 36.4 Å². The van der Waals surface area contributed by atoms with Crippen molar-refractivity contribution in [3.8, 4) is 0 Å². The normalized spacial score (nSPS) is 15.5. The lowest BCUT2D eigenvalue weighted by molar-refractivity contribution is -0.118. The lowest BCUT2D eigenvalue weighted by Gasteiger charge is -2.12. The molecule has 1 heterocycles. The van der Waals surface area contributed by atoms with Gasteiger partial charge in [0.05, 0.1) is 13.2 Å². The summed E-state index contributed by atoms with van der Waals surface area (Å²) < 4.78 is 17.1. The van der Waals surface area contributed by atoms with Crippen LogP contribution in [0.15, 0.2) is 71.1 Å². The lowest BCUT2D eigenvalue weighted by atomic mass is 10.2. The molecule has 1 aliphatic rings. The molecule has 6 heteroatoms. The van der Waals surface area contributed by atoms with Crippen LogP contribution in [0.5, 0.6) is 0 Å². The summed E-state index contributed by atoms with van der Waals surface area (Å²) >= 11 is 5.83. The molecule has 0 unspecified atom stereocenters. The molecule has 0 radical (unpaired) electrons. The molecule has 1 rings (SSSR count). The number of aliphatic hydroxyl groups excluding tert-OH is 1. The van der Waals surface area contributed by atoms with Crippen molar-refractivity contribution >= 4 is 17.4 Å². The van der Waals surface area contributed by atoms with Crippen LogP contribution in [0.4, 0.5) is 0 Å². The number of hydrogen-bond donors (Lipinski definition) is 1. The zero-order chi connectivity index (χ0) is 21.5. The van der Waals surface area contributed by atoms with Crippen LogP contribution < -0.4 is 0 Å². The fourth-order valence-corrected chi connectivity index (χ4v) is 2.62. The van der Waals surface area contributed by atoms with Crippen LogP contribution in [0.25, 0.3) is 0 Å². The Morgan fingerprint density at radius 2 is 2.03 bits per heavy atom. The van der Waals surface area contributed by atoms with E-state index in [0.717, 1.165) is 25.0 Å². The van der Waals surface area contributed by atoms with Crippen molar-refractivity contribution in [1.29, 1.82) is 0 Å².